The third-order valence-electron chi connectivity index (χ3n) is 3.69. The molecule has 1 heterocycles. The van der Waals surface area contributed by atoms with Crippen LogP contribution in [0.4, 0.5) is 4.79 Å². The largest absolute Gasteiger partial charge is 0.483 e. The Kier molecular flexibility index (Phi) is 6.65. The first-order chi connectivity index (χ1) is 12.7. The molecule has 0 atom stereocenters. The van der Waals surface area contributed by atoms with E-state index in [0.717, 1.165) is 12.0 Å². The van der Waals surface area contributed by atoms with E-state index in [1.807, 2.05) is 39.8 Å². The van der Waals surface area contributed by atoms with Crippen LogP contribution < -0.4 is 20.1 Å². The quantitative estimate of drug-likeness (QED) is 0.702. The predicted octanol–water partition coefficient (Wildman–Crippen LogP) is 1.80. The number of carbonyl (C=O) groups is 3. The molecule has 8 heteroatoms. The summed E-state index contributed by atoms with van der Waals surface area (Å²) in [6, 6.07) is 4.86. The molecular weight excluding hydrogens is 352 g/mol. The van der Waals surface area contributed by atoms with Gasteiger partial charge in [0, 0.05) is 18.5 Å². The predicted molar refractivity (Wildman–Crippen MR) is 97.7 cm³/mol. The molecule has 2 N–H and O–H groups in total. The van der Waals surface area contributed by atoms with Gasteiger partial charge in [-0.2, -0.15) is 0 Å². The molecule has 27 heavy (non-hydrogen) atoms. The maximum Gasteiger partial charge on any atom is 0.344 e. The fraction of sp³-hybridized carbons (Fsp3) is 0.526. The molecule has 0 aliphatic carbocycles. The molecule has 0 saturated heterocycles. The normalized spacial score (nSPS) is 14.1. The number of esters is 1. The highest BCUT2D eigenvalue weighted by atomic mass is 16.6. The highest BCUT2D eigenvalue weighted by molar-refractivity contribution is 5.95. The van der Waals surface area contributed by atoms with Gasteiger partial charge in [-0.25, -0.2) is 9.59 Å². The summed E-state index contributed by atoms with van der Waals surface area (Å²) in [6.45, 7) is 7.31. The van der Waals surface area contributed by atoms with Gasteiger partial charge in [-0.3, -0.25) is 10.1 Å². The fourth-order valence-corrected chi connectivity index (χ4v) is 2.53. The number of hydrogen-bond donors (Lipinski definition) is 2. The molecular formula is C19H26N2O6. The van der Waals surface area contributed by atoms with Crippen molar-refractivity contribution in [2.45, 2.75) is 39.7 Å². The molecule has 0 bridgehead atoms. The average Bonchev–Trinajstić information content (AvgIpc) is 2.90. The van der Waals surface area contributed by atoms with Gasteiger partial charge < -0.3 is 19.5 Å². The Bertz CT molecular complexity index is 714. The Labute approximate surface area is 158 Å². The van der Waals surface area contributed by atoms with Crippen LogP contribution in [0.3, 0.4) is 0 Å². The second-order valence-corrected chi connectivity index (χ2v) is 7.38. The van der Waals surface area contributed by atoms with Gasteiger partial charge in [0.25, 0.3) is 5.91 Å². The number of benzene rings is 1. The fourth-order valence-electron chi connectivity index (χ4n) is 2.53. The Morgan fingerprint density at radius 2 is 1.96 bits per heavy atom. The maximum atomic E-state index is 11.8. The van der Waals surface area contributed by atoms with E-state index in [1.54, 1.807) is 6.07 Å². The average molecular weight is 378 g/mol. The Morgan fingerprint density at radius 1 is 1.22 bits per heavy atom. The summed E-state index contributed by atoms with van der Waals surface area (Å²) in [5.41, 5.74) is 0.689. The second-order valence-electron chi connectivity index (χ2n) is 7.38. The summed E-state index contributed by atoms with van der Waals surface area (Å²) in [6.07, 6.45) is 0.753. The second kappa shape index (κ2) is 8.75. The minimum absolute atomic E-state index is 0.259. The summed E-state index contributed by atoms with van der Waals surface area (Å²) in [5, 5.41) is 4.61. The Morgan fingerprint density at radius 3 is 2.67 bits per heavy atom. The number of hydrogen-bond acceptors (Lipinski definition) is 6. The lowest BCUT2D eigenvalue weighted by Gasteiger charge is -2.18. The maximum absolute atomic E-state index is 11.8. The van der Waals surface area contributed by atoms with Gasteiger partial charge in [0.2, 0.25) is 0 Å². The van der Waals surface area contributed by atoms with Crippen molar-refractivity contribution in [1.29, 1.82) is 0 Å². The summed E-state index contributed by atoms with van der Waals surface area (Å²) < 4.78 is 16.1. The standard InChI is InChI=1S/C19H26N2O6/c1-12(2)9-20-18(24)21-15(22)10-26-16(23)11-25-14-7-5-6-13-8-19(3,4)27-17(13)14/h5-7,12H,8-11H2,1-4H3,(H2,20,21,22,24). The van der Waals surface area contributed by atoms with E-state index in [0.29, 0.717) is 18.0 Å². The van der Waals surface area contributed by atoms with Crippen molar-refractivity contribution >= 4 is 17.9 Å². The number of amides is 3. The van der Waals surface area contributed by atoms with Crippen molar-refractivity contribution in [2.75, 3.05) is 19.8 Å². The van der Waals surface area contributed by atoms with Crippen molar-refractivity contribution in [1.82, 2.24) is 10.6 Å². The first-order valence-electron chi connectivity index (χ1n) is 8.83. The van der Waals surface area contributed by atoms with Gasteiger partial charge >= 0.3 is 12.0 Å². The lowest BCUT2D eigenvalue weighted by Crippen LogP contribution is -2.42. The number of fused-ring (bicyclic) bond motifs is 1. The van der Waals surface area contributed by atoms with Gasteiger partial charge in [-0.15, -0.1) is 0 Å². The van der Waals surface area contributed by atoms with Crippen molar-refractivity contribution in [3.8, 4) is 11.5 Å². The van der Waals surface area contributed by atoms with Crippen LogP contribution in [-0.4, -0.2) is 43.3 Å². The molecule has 0 fully saturated rings. The van der Waals surface area contributed by atoms with Gasteiger partial charge in [-0.1, -0.05) is 26.0 Å². The Hall–Kier alpha value is -2.77. The lowest BCUT2D eigenvalue weighted by molar-refractivity contribution is -0.150. The van der Waals surface area contributed by atoms with E-state index in [1.165, 1.54) is 0 Å². The van der Waals surface area contributed by atoms with E-state index in [9.17, 15) is 14.4 Å². The Balaban J connectivity index is 1.74. The number of ether oxygens (including phenoxy) is 3. The molecule has 1 aromatic rings. The van der Waals surface area contributed by atoms with Crippen LogP contribution in [0.15, 0.2) is 18.2 Å². The first kappa shape index (κ1) is 20.5. The van der Waals surface area contributed by atoms with Crippen LogP contribution in [0.2, 0.25) is 0 Å². The van der Waals surface area contributed by atoms with Crippen LogP contribution in [0.25, 0.3) is 0 Å². The zero-order chi connectivity index (χ0) is 20.0. The van der Waals surface area contributed by atoms with Crippen molar-refractivity contribution in [2.24, 2.45) is 5.92 Å². The van der Waals surface area contributed by atoms with Crippen molar-refractivity contribution in [3.05, 3.63) is 23.8 Å². The van der Waals surface area contributed by atoms with E-state index in [2.05, 4.69) is 10.6 Å². The molecule has 0 unspecified atom stereocenters. The van der Waals surface area contributed by atoms with E-state index < -0.39 is 24.5 Å². The summed E-state index contributed by atoms with van der Waals surface area (Å²) in [7, 11) is 0. The summed E-state index contributed by atoms with van der Waals surface area (Å²) in [4.78, 5) is 34.8. The number of rotatable bonds is 7. The molecule has 148 valence electrons. The SMILES string of the molecule is CC(C)CNC(=O)NC(=O)COC(=O)COc1cccc2c1OC(C)(C)C2. The van der Waals surface area contributed by atoms with E-state index in [4.69, 9.17) is 14.2 Å². The number of urea groups is 1. The summed E-state index contributed by atoms with van der Waals surface area (Å²) in [5.74, 6) is -0.102. The van der Waals surface area contributed by atoms with Crippen LogP contribution in [-0.2, 0) is 20.7 Å². The topological polar surface area (TPSA) is 103 Å². The zero-order valence-electron chi connectivity index (χ0n) is 16.1. The highest BCUT2D eigenvalue weighted by Gasteiger charge is 2.32. The first-order valence-corrected chi connectivity index (χ1v) is 8.83. The smallest absolute Gasteiger partial charge is 0.344 e. The van der Waals surface area contributed by atoms with Crippen molar-refractivity contribution < 1.29 is 28.6 Å². The molecule has 1 aliphatic rings. The molecule has 0 radical (unpaired) electrons. The minimum Gasteiger partial charge on any atom is -0.483 e. The van der Waals surface area contributed by atoms with Gasteiger partial charge in [0.1, 0.15) is 5.60 Å². The van der Waals surface area contributed by atoms with E-state index in [-0.39, 0.29) is 18.1 Å². The summed E-state index contributed by atoms with van der Waals surface area (Å²) >= 11 is 0. The molecule has 0 saturated carbocycles. The van der Waals surface area contributed by atoms with E-state index >= 15 is 0 Å². The number of nitrogens with one attached hydrogen (secondary N) is 2. The molecule has 3 amide bonds. The number of carbonyl (C=O) groups excluding carboxylic acids is 3. The molecule has 8 nitrogen and oxygen atoms in total. The van der Waals surface area contributed by atoms with Crippen LogP contribution in [0.1, 0.15) is 33.3 Å². The number of para-hydroxylation sites is 1. The highest BCUT2D eigenvalue weighted by Crippen LogP contribution is 2.41. The van der Waals surface area contributed by atoms with Crippen LogP contribution >= 0.6 is 0 Å². The molecule has 1 aromatic carbocycles. The van der Waals surface area contributed by atoms with Crippen molar-refractivity contribution in [3.63, 3.8) is 0 Å². The third kappa shape index (κ3) is 6.47. The monoisotopic (exact) mass is 378 g/mol. The minimum atomic E-state index is -0.720. The number of imide groups is 1. The lowest BCUT2D eigenvalue weighted by atomic mass is 10.0. The third-order valence-corrected chi connectivity index (χ3v) is 3.69. The molecule has 0 aromatic heterocycles. The van der Waals surface area contributed by atoms with Gasteiger partial charge in [0.15, 0.2) is 24.7 Å². The van der Waals surface area contributed by atoms with Gasteiger partial charge in [0.05, 0.1) is 0 Å². The zero-order valence-corrected chi connectivity index (χ0v) is 16.1. The van der Waals surface area contributed by atoms with Crippen LogP contribution in [0, 0.1) is 5.92 Å². The van der Waals surface area contributed by atoms with Crippen LogP contribution in [0.5, 0.6) is 11.5 Å². The molecule has 1 aliphatic heterocycles. The van der Waals surface area contributed by atoms with Gasteiger partial charge in [-0.05, 0) is 25.8 Å². The molecule has 0 spiro atoms. The molecule has 2 rings (SSSR count).